The minimum Gasteiger partial charge on any atom is -0.461 e. The van der Waals surface area contributed by atoms with Crippen molar-refractivity contribution in [3.8, 4) is 0 Å². The number of piperidine rings is 1. The van der Waals surface area contributed by atoms with Crippen LogP contribution in [0.15, 0.2) is 59.0 Å². The zero-order valence-electron chi connectivity index (χ0n) is 14.5. The summed E-state index contributed by atoms with van der Waals surface area (Å²) in [5.41, 5.74) is 3.91. The molecule has 2 atom stereocenters. The van der Waals surface area contributed by atoms with Gasteiger partial charge in [0.05, 0.1) is 0 Å². The van der Waals surface area contributed by atoms with Crippen molar-refractivity contribution in [2.24, 2.45) is 5.92 Å². The molecule has 1 aliphatic rings. The molecule has 24 heavy (non-hydrogen) atoms. The van der Waals surface area contributed by atoms with Crippen molar-refractivity contribution in [1.29, 1.82) is 0 Å². The van der Waals surface area contributed by atoms with Crippen molar-refractivity contribution in [2.45, 2.75) is 32.7 Å². The lowest BCUT2D eigenvalue weighted by Crippen LogP contribution is -2.37. The number of furan rings is 1. The van der Waals surface area contributed by atoms with E-state index in [1.807, 2.05) is 6.92 Å². The normalized spacial score (nSPS) is 22.1. The highest BCUT2D eigenvalue weighted by molar-refractivity contribution is 5.81. The van der Waals surface area contributed by atoms with Crippen molar-refractivity contribution in [3.63, 3.8) is 0 Å². The van der Waals surface area contributed by atoms with Crippen LogP contribution in [0.2, 0.25) is 0 Å². The van der Waals surface area contributed by atoms with E-state index in [9.17, 15) is 0 Å². The second kappa shape index (κ2) is 6.45. The first-order valence-electron chi connectivity index (χ1n) is 8.96. The van der Waals surface area contributed by atoms with E-state index in [1.54, 1.807) is 0 Å². The molecule has 124 valence electrons. The Morgan fingerprint density at radius 2 is 1.92 bits per heavy atom. The number of benzene rings is 2. The summed E-state index contributed by atoms with van der Waals surface area (Å²) in [5.74, 6) is 2.23. The van der Waals surface area contributed by atoms with Gasteiger partial charge in [0, 0.05) is 18.5 Å². The van der Waals surface area contributed by atoms with E-state index in [0.29, 0.717) is 11.8 Å². The van der Waals surface area contributed by atoms with Crippen LogP contribution in [0.5, 0.6) is 0 Å². The molecule has 2 aromatic carbocycles. The van der Waals surface area contributed by atoms with Crippen LogP contribution in [0, 0.1) is 12.8 Å². The summed E-state index contributed by atoms with van der Waals surface area (Å²) in [6.07, 6.45) is 1.20. The van der Waals surface area contributed by atoms with E-state index < -0.39 is 0 Å². The van der Waals surface area contributed by atoms with Gasteiger partial charge in [0.15, 0.2) is 0 Å². The molecule has 4 rings (SSSR count). The molecule has 2 heterocycles. The average Bonchev–Trinajstić information content (AvgIpc) is 2.96. The number of hydrogen-bond acceptors (Lipinski definition) is 2. The molecular formula is C22H25NO. The molecule has 0 radical (unpaired) electrons. The number of hydrogen-bond donors (Lipinski definition) is 0. The number of likely N-dealkylation sites (tertiary alicyclic amines) is 1. The molecule has 1 saturated heterocycles. The monoisotopic (exact) mass is 319 g/mol. The van der Waals surface area contributed by atoms with Gasteiger partial charge in [-0.05, 0) is 48.9 Å². The Morgan fingerprint density at radius 3 is 2.71 bits per heavy atom. The molecule has 3 aromatic rings. The van der Waals surface area contributed by atoms with Crippen LogP contribution >= 0.6 is 0 Å². The number of para-hydroxylation sites is 1. The van der Waals surface area contributed by atoms with Gasteiger partial charge >= 0.3 is 0 Å². The molecule has 1 aromatic heterocycles. The predicted molar refractivity (Wildman–Crippen MR) is 99.2 cm³/mol. The van der Waals surface area contributed by atoms with Crippen LogP contribution in [-0.2, 0) is 6.54 Å². The summed E-state index contributed by atoms with van der Waals surface area (Å²) in [6.45, 7) is 7.78. The maximum Gasteiger partial charge on any atom is 0.137 e. The first kappa shape index (κ1) is 15.5. The summed E-state index contributed by atoms with van der Waals surface area (Å²) in [6, 6.07) is 19.5. The third-order valence-electron chi connectivity index (χ3n) is 5.34. The third kappa shape index (κ3) is 2.99. The minimum absolute atomic E-state index is 0.589. The van der Waals surface area contributed by atoms with Gasteiger partial charge in [-0.15, -0.1) is 0 Å². The Bertz CT molecular complexity index is 820. The van der Waals surface area contributed by atoms with E-state index in [-0.39, 0.29) is 0 Å². The summed E-state index contributed by atoms with van der Waals surface area (Å²) in [7, 11) is 0. The van der Waals surface area contributed by atoms with Gasteiger partial charge in [0.2, 0.25) is 0 Å². The van der Waals surface area contributed by atoms with Gasteiger partial charge < -0.3 is 4.42 Å². The second-order valence-electron chi connectivity index (χ2n) is 7.22. The maximum atomic E-state index is 6.01. The summed E-state index contributed by atoms with van der Waals surface area (Å²) in [5, 5.41) is 1.24. The van der Waals surface area contributed by atoms with E-state index in [1.165, 1.54) is 22.9 Å². The molecular weight excluding hydrogens is 294 g/mol. The Labute approximate surface area is 144 Å². The van der Waals surface area contributed by atoms with Crippen molar-refractivity contribution >= 4 is 11.0 Å². The molecule has 1 aliphatic heterocycles. The Morgan fingerprint density at radius 1 is 1.08 bits per heavy atom. The Hall–Kier alpha value is -2.06. The molecule has 2 nitrogen and oxygen atoms in total. The number of rotatable bonds is 3. The van der Waals surface area contributed by atoms with E-state index in [4.69, 9.17) is 4.42 Å². The van der Waals surface area contributed by atoms with Gasteiger partial charge in [-0.1, -0.05) is 55.5 Å². The lowest BCUT2D eigenvalue weighted by Gasteiger charge is -2.37. The molecule has 0 saturated carbocycles. The number of aryl methyl sites for hydroxylation is 1. The molecule has 0 aliphatic carbocycles. The molecule has 0 spiro atoms. The topological polar surface area (TPSA) is 16.4 Å². The smallest absolute Gasteiger partial charge is 0.137 e. The Balaban J connectivity index is 1.52. The molecule has 0 bridgehead atoms. The van der Waals surface area contributed by atoms with Gasteiger partial charge in [-0.2, -0.15) is 0 Å². The largest absolute Gasteiger partial charge is 0.461 e. The van der Waals surface area contributed by atoms with Crippen LogP contribution in [0.25, 0.3) is 11.0 Å². The predicted octanol–water partition coefficient (Wildman–Crippen LogP) is 5.37. The molecule has 0 unspecified atom stereocenters. The van der Waals surface area contributed by atoms with Crippen LogP contribution in [0.3, 0.4) is 0 Å². The van der Waals surface area contributed by atoms with Gasteiger partial charge in [-0.3, -0.25) is 4.90 Å². The summed E-state index contributed by atoms with van der Waals surface area (Å²) < 4.78 is 6.01. The van der Waals surface area contributed by atoms with Crippen molar-refractivity contribution in [1.82, 2.24) is 4.90 Å². The van der Waals surface area contributed by atoms with Crippen molar-refractivity contribution < 1.29 is 4.42 Å². The van der Waals surface area contributed by atoms with E-state index >= 15 is 0 Å². The summed E-state index contributed by atoms with van der Waals surface area (Å²) >= 11 is 0. The quantitative estimate of drug-likeness (QED) is 0.645. The standard InChI is InChI=1S/C22H25NO/c1-16-14-23(15-18-7-4-3-5-8-18)12-11-20(16)21-10-6-9-19-13-17(2)24-22(19)21/h3-10,13,16,20H,11-12,14-15H2,1-2H3/t16-,20+/m0/s1. The maximum absolute atomic E-state index is 6.01. The van der Waals surface area contributed by atoms with Crippen molar-refractivity contribution in [3.05, 3.63) is 71.5 Å². The fourth-order valence-corrected chi connectivity index (χ4v) is 4.19. The highest BCUT2D eigenvalue weighted by Gasteiger charge is 2.29. The lowest BCUT2D eigenvalue weighted by molar-refractivity contribution is 0.156. The fraction of sp³-hybridized carbons (Fsp3) is 0.364. The van der Waals surface area contributed by atoms with Crippen LogP contribution in [-0.4, -0.2) is 18.0 Å². The summed E-state index contributed by atoms with van der Waals surface area (Å²) in [4.78, 5) is 2.59. The fourth-order valence-electron chi connectivity index (χ4n) is 4.19. The highest BCUT2D eigenvalue weighted by atomic mass is 16.3. The van der Waals surface area contributed by atoms with Gasteiger partial charge in [0.1, 0.15) is 11.3 Å². The van der Waals surface area contributed by atoms with Gasteiger partial charge in [-0.25, -0.2) is 0 Å². The third-order valence-corrected chi connectivity index (χ3v) is 5.34. The number of fused-ring (bicyclic) bond motifs is 1. The minimum atomic E-state index is 0.589. The van der Waals surface area contributed by atoms with Crippen LogP contribution in [0.1, 0.15) is 36.1 Å². The molecule has 1 fully saturated rings. The Kier molecular flexibility index (Phi) is 4.15. The van der Waals surface area contributed by atoms with Crippen molar-refractivity contribution in [2.75, 3.05) is 13.1 Å². The van der Waals surface area contributed by atoms with Crippen LogP contribution in [0.4, 0.5) is 0 Å². The first-order valence-corrected chi connectivity index (χ1v) is 8.96. The molecule has 0 amide bonds. The van der Waals surface area contributed by atoms with Gasteiger partial charge in [0.25, 0.3) is 0 Å². The second-order valence-corrected chi connectivity index (χ2v) is 7.22. The van der Waals surface area contributed by atoms with E-state index in [0.717, 1.165) is 31.0 Å². The average molecular weight is 319 g/mol. The zero-order valence-corrected chi connectivity index (χ0v) is 14.5. The van der Waals surface area contributed by atoms with E-state index in [2.05, 4.69) is 66.4 Å². The highest BCUT2D eigenvalue weighted by Crippen LogP contribution is 2.37. The lowest BCUT2D eigenvalue weighted by atomic mass is 9.81. The molecule has 0 N–H and O–H groups in total. The zero-order chi connectivity index (χ0) is 16.5. The van der Waals surface area contributed by atoms with Crippen LogP contribution < -0.4 is 0 Å². The number of nitrogens with zero attached hydrogens (tertiary/aromatic N) is 1. The SMILES string of the molecule is Cc1cc2cccc([C@@H]3CCN(Cc4ccccc4)C[C@@H]3C)c2o1. The molecule has 2 heteroatoms. The first-order chi connectivity index (χ1) is 11.7.